The van der Waals surface area contributed by atoms with E-state index in [4.69, 9.17) is 5.73 Å². The third-order valence-corrected chi connectivity index (χ3v) is 3.54. The van der Waals surface area contributed by atoms with E-state index < -0.39 is 0 Å². The second kappa shape index (κ2) is 4.16. The molecule has 7 nitrogen and oxygen atoms in total. The molecule has 0 fully saturated rings. The van der Waals surface area contributed by atoms with Crippen molar-refractivity contribution in [1.29, 1.82) is 0 Å². The predicted octanol–water partition coefficient (Wildman–Crippen LogP) is 0.824. The van der Waals surface area contributed by atoms with Gasteiger partial charge in [-0.15, -0.1) is 10.2 Å². The third kappa shape index (κ3) is 1.67. The lowest BCUT2D eigenvalue weighted by atomic mass is 10.2. The van der Waals surface area contributed by atoms with E-state index in [-0.39, 0.29) is 0 Å². The summed E-state index contributed by atoms with van der Waals surface area (Å²) in [6.45, 7) is 2.38. The Morgan fingerprint density at radius 1 is 1.10 bits per heavy atom. The molecule has 2 aromatic heterocycles. The second-order valence-electron chi connectivity index (χ2n) is 4.78. The maximum Gasteiger partial charge on any atom is 0.222 e. The molecular formula is C13H13N7. The summed E-state index contributed by atoms with van der Waals surface area (Å²) in [5.41, 5.74) is 6.69. The summed E-state index contributed by atoms with van der Waals surface area (Å²) in [5, 5.41) is 9.08. The molecule has 3 aromatic rings. The Morgan fingerprint density at radius 3 is 2.95 bits per heavy atom. The molecule has 7 heteroatoms. The molecule has 0 amide bonds. The molecule has 3 heterocycles. The van der Waals surface area contributed by atoms with Crippen LogP contribution in [0.4, 0.5) is 11.8 Å². The van der Waals surface area contributed by atoms with Crippen molar-refractivity contribution in [3.05, 3.63) is 36.4 Å². The normalized spacial score (nSPS) is 14.5. The number of hydrogen-bond acceptors (Lipinski definition) is 6. The van der Waals surface area contributed by atoms with E-state index in [0.29, 0.717) is 12.5 Å². The molecule has 100 valence electrons. The molecule has 0 atom stereocenters. The van der Waals surface area contributed by atoms with Crippen LogP contribution in [0.5, 0.6) is 0 Å². The van der Waals surface area contributed by atoms with Gasteiger partial charge in [-0.3, -0.25) is 0 Å². The van der Waals surface area contributed by atoms with Gasteiger partial charge in [-0.2, -0.15) is 4.98 Å². The Kier molecular flexibility index (Phi) is 2.32. The van der Waals surface area contributed by atoms with Crippen LogP contribution in [0.15, 0.2) is 30.6 Å². The SMILES string of the molecule is Nc1nc(N2CCn3cnnc3C2)c2ccccc2n1. The highest BCUT2D eigenvalue weighted by atomic mass is 15.3. The zero-order valence-corrected chi connectivity index (χ0v) is 10.8. The topological polar surface area (TPSA) is 85.8 Å². The summed E-state index contributed by atoms with van der Waals surface area (Å²) < 4.78 is 2.06. The first-order valence-electron chi connectivity index (χ1n) is 6.45. The maximum absolute atomic E-state index is 5.82. The van der Waals surface area contributed by atoms with Crippen LogP contribution < -0.4 is 10.6 Å². The van der Waals surface area contributed by atoms with Gasteiger partial charge in [-0.25, -0.2) is 4.98 Å². The van der Waals surface area contributed by atoms with E-state index in [1.807, 2.05) is 24.3 Å². The molecule has 20 heavy (non-hydrogen) atoms. The average molecular weight is 267 g/mol. The van der Waals surface area contributed by atoms with Crippen molar-refractivity contribution < 1.29 is 0 Å². The standard InChI is InChI=1S/C13H13N7/c14-13-16-10-4-2-1-3-9(10)12(17-13)19-5-6-20-8-15-18-11(20)7-19/h1-4,8H,5-7H2,(H2,14,16,17). The van der Waals surface area contributed by atoms with E-state index in [9.17, 15) is 0 Å². The highest BCUT2D eigenvalue weighted by Gasteiger charge is 2.21. The number of fused-ring (bicyclic) bond motifs is 2. The summed E-state index contributed by atoms with van der Waals surface area (Å²) in [4.78, 5) is 10.9. The van der Waals surface area contributed by atoms with Gasteiger partial charge in [0.1, 0.15) is 12.1 Å². The Hall–Kier alpha value is -2.70. The molecule has 1 aliphatic rings. The van der Waals surface area contributed by atoms with Crippen molar-refractivity contribution in [3.8, 4) is 0 Å². The first kappa shape index (κ1) is 11.2. The van der Waals surface area contributed by atoms with Crippen LogP contribution in [0.1, 0.15) is 5.82 Å². The number of nitrogen functional groups attached to an aromatic ring is 1. The van der Waals surface area contributed by atoms with Crippen LogP contribution in [0.25, 0.3) is 10.9 Å². The van der Waals surface area contributed by atoms with Crippen molar-refractivity contribution in [3.63, 3.8) is 0 Å². The molecule has 2 N–H and O–H groups in total. The molecule has 0 spiro atoms. The van der Waals surface area contributed by atoms with Crippen LogP contribution in [-0.2, 0) is 13.1 Å². The molecule has 0 bridgehead atoms. The van der Waals surface area contributed by atoms with Crippen molar-refractivity contribution in [1.82, 2.24) is 24.7 Å². The van der Waals surface area contributed by atoms with Crippen LogP contribution >= 0.6 is 0 Å². The number of para-hydroxylation sites is 1. The van der Waals surface area contributed by atoms with Gasteiger partial charge in [0.05, 0.1) is 12.1 Å². The minimum atomic E-state index is 0.297. The smallest absolute Gasteiger partial charge is 0.222 e. The summed E-state index contributed by atoms with van der Waals surface area (Å²) in [6, 6.07) is 7.90. The van der Waals surface area contributed by atoms with Gasteiger partial charge < -0.3 is 15.2 Å². The Labute approximate surface area is 115 Å². The maximum atomic E-state index is 5.82. The summed E-state index contributed by atoms with van der Waals surface area (Å²) in [5.74, 6) is 2.10. The Bertz CT molecular complexity index is 779. The van der Waals surface area contributed by atoms with Crippen LogP contribution in [0.2, 0.25) is 0 Å². The van der Waals surface area contributed by atoms with Crippen molar-refractivity contribution >= 4 is 22.7 Å². The van der Waals surface area contributed by atoms with Gasteiger partial charge in [0.15, 0.2) is 5.82 Å². The zero-order chi connectivity index (χ0) is 13.5. The minimum absolute atomic E-state index is 0.297. The van der Waals surface area contributed by atoms with Gasteiger partial charge in [-0.05, 0) is 12.1 Å². The molecule has 1 aromatic carbocycles. The Balaban J connectivity index is 1.83. The monoisotopic (exact) mass is 267 g/mol. The highest BCUT2D eigenvalue weighted by molar-refractivity contribution is 5.90. The Morgan fingerprint density at radius 2 is 2.00 bits per heavy atom. The van der Waals surface area contributed by atoms with E-state index in [1.165, 1.54) is 0 Å². The van der Waals surface area contributed by atoms with Crippen LogP contribution in [0, 0.1) is 0 Å². The summed E-state index contributed by atoms with van der Waals surface area (Å²) in [6.07, 6.45) is 1.76. The second-order valence-corrected chi connectivity index (χ2v) is 4.78. The number of hydrogen-bond donors (Lipinski definition) is 1. The first-order valence-corrected chi connectivity index (χ1v) is 6.45. The predicted molar refractivity (Wildman–Crippen MR) is 75.0 cm³/mol. The van der Waals surface area contributed by atoms with Crippen molar-refractivity contribution in [2.75, 3.05) is 17.2 Å². The summed E-state index contributed by atoms with van der Waals surface area (Å²) >= 11 is 0. The lowest BCUT2D eigenvalue weighted by molar-refractivity contribution is 0.557. The van der Waals surface area contributed by atoms with Crippen LogP contribution in [0.3, 0.4) is 0 Å². The number of nitrogens with two attached hydrogens (primary N) is 1. The molecule has 0 radical (unpaired) electrons. The highest BCUT2D eigenvalue weighted by Crippen LogP contribution is 2.26. The molecule has 0 saturated heterocycles. The number of anilines is 2. The molecule has 0 aliphatic carbocycles. The van der Waals surface area contributed by atoms with E-state index >= 15 is 0 Å². The van der Waals surface area contributed by atoms with Crippen LogP contribution in [-0.4, -0.2) is 31.3 Å². The van der Waals surface area contributed by atoms with E-state index in [1.54, 1.807) is 6.33 Å². The van der Waals surface area contributed by atoms with Crippen molar-refractivity contribution in [2.45, 2.75) is 13.1 Å². The number of rotatable bonds is 1. The lowest BCUT2D eigenvalue weighted by Gasteiger charge is -2.28. The number of aromatic nitrogens is 5. The lowest BCUT2D eigenvalue weighted by Crippen LogP contribution is -2.34. The van der Waals surface area contributed by atoms with E-state index in [2.05, 4.69) is 29.6 Å². The van der Waals surface area contributed by atoms with Crippen molar-refractivity contribution in [2.24, 2.45) is 0 Å². The molecule has 0 saturated carbocycles. The van der Waals surface area contributed by atoms with Gasteiger partial charge in [-0.1, -0.05) is 12.1 Å². The van der Waals surface area contributed by atoms with Gasteiger partial charge in [0, 0.05) is 18.5 Å². The zero-order valence-electron chi connectivity index (χ0n) is 10.8. The summed E-state index contributed by atoms with van der Waals surface area (Å²) in [7, 11) is 0. The van der Waals surface area contributed by atoms with Gasteiger partial charge in [0.2, 0.25) is 5.95 Å². The fourth-order valence-electron chi connectivity index (χ4n) is 2.57. The minimum Gasteiger partial charge on any atom is -0.368 e. The third-order valence-electron chi connectivity index (χ3n) is 3.54. The largest absolute Gasteiger partial charge is 0.368 e. The average Bonchev–Trinajstić information content (AvgIpc) is 2.93. The van der Waals surface area contributed by atoms with Gasteiger partial charge >= 0.3 is 0 Å². The number of nitrogens with zero attached hydrogens (tertiary/aromatic N) is 6. The molecule has 1 aliphatic heterocycles. The quantitative estimate of drug-likeness (QED) is 0.702. The molecular weight excluding hydrogens is 254 g/mol. The fourth-order valence-corrected chi connectivity index (χ4v) is 2.57. The van der Waals surface area contributed by atoms with E-state index in [0.717, 1.165) is 35.6 Å². The molecule has 4 rings (SSSR count). The first-order chi connectivity index (χ1) is 9.81. The van der Waals surface area contributed by atoms with Gasteiger partial charge in [0.25, 0.3) is 0 Å². The molecule has 0 unspecified atom stereocenters. The number of benzene rings is 1. The fraction of sp³-hybridized carbons (Fsp3) is 0.231.